The van der Waals surface area contributed by atoms with Gasteiger partial charge in [-0.2, -0.15) is 0 Å². The third kappa shape index (κ3) is 3.01. The van der Waals surface area contributed by atoms with E-state index in [2.05, 4.69) is 17.1 Å². The summed E-state index contributed by atoms with van der Waals surface area (Å²) in [5, 5.41) is 11.7. The summed E-state index contributed by atoms with van der Waals surface area (Å²) in [5.41, 5.74) is 7.25. The van der Waals surface area contributed by atoms with Gasteiger partial charge in [0.1, 0.15) is 5.75 Å². The van der Waals surface area contributed by atoms with Crippen LogP contribution in [0.2, 0.25) is 0 Å². The van der Waals surface area contributed by atoms with Crippen molar-refractivity contribution in [2.75, 3.05) is 0 Å². The van der Waals surface area contributed by atoms with Gasteiger partial charge >= 0.3 is 0 Å². The molecular formula is C14H15N3O2. The Morgan fingerprint density at radius 1 is 1.32 bits per heavy atom. The minimum atomic E-state index is -0.0340. The van der Waals surface area contributed by atoms with Crippen molar-refractivity contribution in [3.63, 3.8) is 0 Å². The highest BCUT2D eigenvalue weighted by molar-refractivity contribution is 5.99. The lowest BCUT2D eigenvalue weighted by Gasteiger charge is -2.09. The molecular weight excluding hydrogens is 242 g/mol. The first-order chi connectivity index (χ1) is 9.24. The predicted molar refractivity (Wildman–Crippen MR) is 72.6 cm³/mol. The van der Waals surface area contributed by atoms with Gasteiger partial charge in [0.05, 0.1) is 5.56 Å². The molecule has 1 aromatic heterocycles. The van der Waals surface area contributed by atoms with Crippen LogP contribution in [0.5, 0.6) is 11.6 Å². The van der Waals surface area contributed by atoms with Crippen LogP contribution in [0.1, 0.15) is 18.1 Å². The summed E-state index contributed by atoms with van der Waals surface area (Å²) in [6.07, 6.45) is 2.56. The first kappa shape index (κ1) is 12.9. The number of amidine groups is 1. The number of benzene rings is 1. The number of aromatic nitrogens is 1. The molecule has 19 heavy (non-hydrogen) atoms. The maximum atomic E-state index is 8.73. The Bertz CT molecular complexity index is 579. The van der Waals surface area contributed by atoms with Crippen molar-refractivity contribution in [2.45, 2.75) is 13.3 Å². The molecule has 0 spiro atoms. The number of nitrogens with two attached hydrogens (primary N) is 1. The van der Waals surface area contributed by atoms with Gasteiger partial charge in [0.25, 0.3) is 0 Å². The van der Waals surface area contributed by atoms with E-state index in [1.165, 1.54) is 5.56 Å². The Balaban J connectivity index is 2.27. The number of aryl methyl sites for hydroxylation is 1. The van der Waals surface area contributed by atoms with Gasteiger partial charge in [0.2, 0.25) is 5.88 Å². The van der Waals surface area contributed by atoms with Crippen LogP contribution in [-0.2, 0) is 6.42 Å². The zero-order chi connectivity index (χ0) is 13.7. The number of pyridine rings is 1. The second-order valence-electron chi connectivity index (χ2n) is 3.94. The molecule has 3 N–H and O–H groups in total. The Labute approximate surface area is 111 Å². The highest BCUT2D eigenvalue weighted by atomic mass is 16.5. The van der Waals surface area contributed by atoms with E-state index in [1.807, 2.05) is 24.3 Å². The van der Waals surface area contributed by atoms with E-state index in [0.717, 1.165) is 6.42 Å². The van der Waals surface area contributed by atoms with Gasteiger partial charge < -0.3 is 15.7 Å². The summed E-state index contributed by atoms with van der Waals surface area (Å²) < 4.78 is 5.65. The molecule has 5 nitrogen and oxygen atoms in total. The number of hydrogen-bond donors (Lipinski definition) is 2. The smallest absolute Gasteiger partial charge is 0.230 e. The van der Waals surface area contributed by atoms with E-state index in [-0.39, 0.29) is 5.84 Å². The monoisotopic (exact) mass is 257 g/mol. The highest BCUT2D eigenvalue weighted by Gasteiger charge is 2.10. The molecule has 5 heteroatoms. The number of oxime groups is 1. The average Bonchev–Trinajstić information content (AvgIpc) is 2.48. The van der Waals surface area contributed by atoms with Gasteiger partial charge in [-0.1, -0.05) is 24.2 Å². The van der Waals surface area contributed by atoms with Crippen molar-refractivity contribution in [3.05, 3.63) is 53.7 Å². The summed E-state index contributed by atoms with van der Waals surface area (Å²) in [5.74, 6) is 0.929. The fraction of sp³-hybridized carbons (Fsp3) is 0.143. The van der Waals surface area contributed by atoms with Crippen LogP contribution in [-0.4, -0.2) is 16.0 Å². The fourth-order valence-electron chi connectivity index (χ4n) is 1.63. The van der Waals surface area contributed by atoms with Crippen LogP contribution < -0.4 is 10.5 Å². The minimum absolute atomic E-state index is 0.0340. The standard InChI is InChI=1S/C14H15N3O2/c1-2-10-5-7-11(8-6-10)19-14-12(13(15)17-18)4-3-9-16-14/h3-9,18H,2H2,1H3,(H2,15,17). The molecule has 0 unspecified atom stereocenters. The van der Waals surface area contributed by atoms with Gasteiger partial charge in [-0.15, -0.1) is 0 Å². The van der Waals surface area contributed by atoms with E-state index < -0.39 is 0 Å². The highest BCUT2D eigenvalue weighted by Crippen LogP contribution is 2.23. The summed E-state index contributed by atoms with van der Waals surface area (Å²) in [7, 11) is 0. The lowest BCUT2D eigenvalue weighted by molar-refractivity contribution is 0.318. The van der Waals surface area contributed by atoms with Crippen molar-refractivity contribution in [3.8, 4) is 11.6 Å². The maximum absolute atomic E-state index is 8.73. The minimum Gasteiger partial charge on any atom is -0.438 e. The molecule has 2 aromatic rings. The summed E-state index contributed by atoms with van der Waals surface area (Å²) in [6.45, 7) is 2.09. The first-order valence-electron chi connectivity index (χ1n) is 5.94. The van der Waals surface area contributed by atoms with Crippen LogP contribution in [0.3, 0.4) is 0 Å². The van der Waals surface area contributed by atoms with E-state index in [4.69, 9.17) is 15.7 Å². The summed E-state index contributed by atoms with van der Waals surface area (Å²) >= 11 is 0. The van der Waals surface area contributed by atoms with Gasteiger partial charge in [-0.25, -0.2) is 4.98 Å². The number of ether oxygens (including phenoxy) is 1. The molecule has 2 rings (SSSR count). The first-order valence-corrected chi connectivity index (χ1v) is 5.94. The number of hydrogen-bond acceptors (Lipinski definition) is 4. The van der Waals surface area contributed by atoms with Crippen molar-refractivity contribution < 1.29 is 9.94 Å². The molecule has 0 saturated carbocycles. The van der Waals surface area contributed by atoms with Crippen LogP contribution in [0.25, 0.3) is 0 Å². The van der Waals surface area contributed by atoms with E-state index in [0.29, 0.717) is 17.2 Å². The molecule has 0 radical (unpaired) electrons. The lowest BCUT2D eigenvalue weighted by Crippen LogP contribution is -2.14. The van der Waals surface area contributed by atoms with Crippen LogP contribution in [0.4, 0.5) is 0 Å². The van der Waals surface area contributed by atoms with Gasteiger partial charge in [0.15, 0.2) is 5.84 Å². The fourth-order valence-corrected chi connectivity index (χ4v) is 1.63. The van der Waals surface area contributed by atoms with Gasteiger partial charge in [0, 0.05) is 6.20 Å². The molecule has 0 fully saturated rings. The predicted octanol–water partition coefficient (Wildman–Crippen LogP) is 2.53. The third-order valence-corrected chi connectivity index (χ3v) is 2.70. The molecule has 1 aromatic carbocycles. The molecule has 0 aliphatic rings. The molecule has 0 bridgehead atoms. The zero-order valence-electron chi connectivity index (χ0n) is 10.6. The molecule has 0 atom stereocenters. The van der Waals surface area contributed by atoms with Gasteiger partial charge in [-0.3, -0.25) is 0 Å². The summed E-state index contributed by atoms with van der Waals surface area (Å²) in [4.78, 5) is 4.09. The lowest BCUT2D eigenvalue weighted by atomic mass is 10.2. The van der Waals surface area contributed by atoms with Crippen molar-refractivity contribution in [1.82, 2.24) is 4.98 Å². The van der Waals surface area contributed by atoms with Crippen LogP contribution in [0.15, 0.2) is 47.8 Å². The molecule has 0 saturated heterocycles. The molecule has 0 amide bonds. The zero-order valence-corrected chi connectivity index (χ0v) is 10.6. The maximum Gasteiger partial charge on any atom is 0.230 e. The van der Waals surface area contributed by atoms with Crippen molar-refractivity contribution in [1.29, 1.82) is 0 Å². The second kappa shape index (κ2) is 5.86. The number of nitrogens with zero attached hydrogens (tertiary/aromatic N) is 2. The second-order valence-corrected chi connectivity index (χ2v) is 3.94. The Kier molecular flexibility index (Phi) is 3.97. The quantitative estimate of drug-likeness (QED) is 0.381. The number of rotatable bonds is 4. The normalized spacial score (nSPS) is 11.3. The van der Waals surface area contributed by atoms with E-state index >= 15 is 0 Å². The van der Waals surface area contributed by atoms with Crippen LogP contribution >= 0.6 is 0 Å². The topological polar surface area (TPSA) is 80.7 Å². The van der Waals surface area contributed by atoms with Crippen molar-refractivity contribution in [2.24, 2.45) is 10.9 Å². The Morgan fingerprint density at radius 2 is 2.05 bits per heavy atom. The molecule has 98 valence electrons. The average molecular weight is 257 g/mol. The van der Waals surface area contributed by atoms with E-state index in [9.17, 15) is 0 Å². The van der Waals surface area contributed by atoms with Gasteiger partial charge in [-0.05, 0) is 36.2 Å². The SMILES string of the molecule is CCc1ccc(Oc2ncccc2/C(N)=N/O)cc1. The third-order valence-electron chi connectivity index (χ3n) is 2.70. The van der Waals surface area contributed by atoms with Crippen molar-refractivity contribution >= 4 is 5.84 Å². The molecule has 1 heterocycles. The molecule has 0 aliphatic carbocycles. The Morgan fingerprint density at radius 3 is 2.68 bits per heavy atom. The Hall–Kier alpha value is -2.56. The molecule has 0 aliphatic heterocycles. The largest absolute Gasteiger partial charge is 0.438 e. The van der Waals surface area contributed by atoms with Crippen LogP contribution in [0, 0.1) is 0 Å². The van der Waals surface area contributed by atoms with E-state index in [1.54, 1.807) is 18.3 Å². The summed E-state index contributed by atoms with van der Waals surface area (Å²) in [6, 6.07) is 11.1.